The first-order chi connectivity index (χ1) is 8.04. The summed E-state index contributed by atoms with van der Waals surface area (Å²) in [6.07, 6.45) is 1.59. The fourth-order valence-corrected chi connectivity index (χ4v) is 1.79. The van der Waals surface area contributed by atoms with Crippen molar-refractivity contribution in [3.63, 3.8) is 0 Å². The number of aliphatic hydroxyl groups excluding tert-OH is 1. The largest absolute Gasteiger partial charge is 0.396 e. The second kappa shape index (κ2) is 6.67. The van der Waals surface area contributed by atoms with E-state index in [1.807, 2.05) is 13.8 Å². The molecule has 0 spiro atoms. The van der Waals surface area contributed by atoms with Crippen LogP contribution in [0.2, 0.25) is 0 Å². The minimum atomic E-state index is -0.825. The maximum Gasteiger partial charge on any atom is 0.159 e. The van der Waals surface area contributed by atoms with Crippen LogP contribution in [0.15, 0.2) is 18.2 Å². The fourth-order valence-electron chi connectivity index (χ4n) is 1.79. The van der Waals surface area contributed by atoms with Gasteiger partial charge in [-0.25, -0.2) is 8.78 Å². The number of hydrogen-bond donors (Lipinski definition) is 2. The Morgan fingerprint density at radius 3 is 2.53 bits per heavy atom. The van der Waals surface area contributed by atoms with E-state index in [1.165, 1.54) is 6.07 Å². The molecule has 2 nitrogen and oxygen atoms in total. The average Bonchev–Trinajstić information content (AvgIpc) is 2.30. The van der Waals surface area contributed by atoms with Crippen molar-refractivity contribution in [1.82, 2.24) is 5.32 Å². The molecule has 2 unspecified atom stereocenters. The molecule has 0 aliphatic heterocycles. The Kier molecular flexibility index (Phi) is 5.51. The summed E-state index contributed by atoms with van der Waals surface area (Å²) >= 11 is 0. The quantitative estimate of drug-likeness (QED) is 0.805. The molecule has 0 saturated carbocycles. The van der Waals surface area contributed by atoms with Crippen LogP contribution in [0.5, 0.6) is 0 Å². The van der Waals surface area contributed by atoms with E-state index in [9.17, 15) is 8.78 Å². The molecule has 0 aliphatic carbocycles. The molecule has 0 amide bonds. The van der Waals surface area contributed by atoms with Crippen LogP contribution >= 0.6 is 0 Å². The van der Waals surface area contributed by atoms with Gasteiger partial charge in [0.1, 0.15) is 0 Å². The normalized spacial score (nSPS) is 14.6. The Morgan fingerprint density at radius 2 is 1.94 bits per heavy atom. The van der Waals surface area contributed by atoms with Gasteiger partial charge >= 0.3 is 0 Å². The zero-order chi connectivity index (χ0) is 12.8. The van der Waals surface area contributed by atoms with Gasteiger partial charge in [0.25, 0.3) is 0 Å². The van der Waals surface area contributed by atoms with Crippen LogP contribution in [-0.2, 0) is 0 Å². The predicted molar refractivity (Wildman–Crippen MR) is 63.7 cm³/mol. The summed E-state index contributed by atoms with van der Waals surface area (Å²) < 4.78 is 25.8. The molecule has 2 atom stereocenters. The maximum atomic E-state index is 13.0. The third-order valence-corrected chi connectivity index (χ3v) is 2.77. The number of benzene rings is 1. The molecule has 0 saturated heterocycles. The molecule has 1 aromatic carbocycles. The van der Waals surface area contributed by atoms with Gasteiger partial charge in [-0.05, 0) is 44.4 Å². The van der Waals surface area contributed by atoms with Gasteiger partial charge in [-0.2, -0.15) is 0 Å². The molecule has 0 fully saturated rings. The highest BCUT2D eigenvalue weighted by molar-refractivity contribution is 5.20. The van der Waals surface area contributed by atoms with E-state index < -0.39 is 11.6 Å². The van der Waals surface area contributed by atoms with Crippen molar-refractivity contribution in [3.8, 4) is 0 Å². The Labute approximate surface area is 101 Å². The lowest BCUT2D eigenvalue weighted by molar-refractivity contribution is 0.274. The standard InChI is InChI=1S/C13H19F2NO/c1-9(4-3-7-17)16-10(2)11-5-6-12(14)13(15)8-11/h5-6,8-10,16-17H,3-4,7H2,1-2H3. The molecule has 1 aromatic rings. The molecule has 17 heavy (non-hydrogen) atoms. The maximum absolute atomic E-state index is 13.0. The Bertz CT molecular complexity index is 357. The second-order valence-corrected chi connectivity index (χ2v) is 4.33. The molecule has 4 heteroatoms. The first-order valence-corrected chi connectivity index (χ1v) is 5.86. The van der Waals surface area contributed by atoms with Crippen LogP contribution in [-0.4, -0.2) is 17.8 Å². The Balaban J connectivity index is 2.57. The van der Waals surface area contributed by atoms with Crippen molar-refractivity contribution in [2.24, 2.45) is 0 Å². The summed E-state index contributed by atoms with van der Waals surface area (Å²) in [7, 11) is 0. The van der Waals surface area contributed by atoms with Crippen molar-refractivity contribution < 1.29 is 13.9 Å². The van der Waals surface area contributed by atoms with Gasteiger partial charge in [-0.3, -0.25) is 0 Å². The molecule has 0 aliphatic rings. The van der Waals surface area contributed by atoms with Crippen molar-refractivity contribution in [2.75, 3.05) is 6.61 Å². The average molecular weight is 243 g/mol. The highest BCUT2D eigenvalue weighted by Crippen LogP contribution is 2.17. The fraction of sp³-hybridized carbons (Fsp3) is 0.538. The van der Waals surface area contributed by atoms with Crippen LogP contribution in [0.3, 0.4) is 0 Å². The van der Waals surface area contributed by atoms with E-state index in [0.717, 1.165) is 24.5 Å². The van der Waals surface area contributed by atoms with Gasteiger partial charge < -0.3 is 10.4 Å². The third kappa shape index (κ3) is 4.40. The smallest absolute Gasteiger partial charge is 0.159 e. The lowest BCUT2D eigenvalue weighted by Gasteiger charge is -2.20. The monoisotopic (exact) mass is 243 g/mol. The zero-order valence-electron chi connectivity index (χ0n) is 10.2. The van der Waals surface area contributed by atoms with Gasteiger partial charge in [0.2, 0.25) is 0 Å². The van der Waals surface area contributed by atoms with Crippen molar-refractivity contribution in [2.45, 2.75) is 38.8 Å². The molecule has 96 valence electrons. The number of hydrogen-bond acceptors (Lipinski definition) is 2. The Hall–Kier alpha value is -1.00. The third-order valence-electron chi connectivity index (χ3n) is 2.77. The highest BCUT2D eigenvalue weighted by Gasteiger charge is 2.11. The molecule has 1 rings (SSSR count). The van der Waals surface area contributed by atoms with Crippen molar-refractivity contribution >= 4 is 0 Å². The van der Waals surface area contributed by atoms with Crippen LogP contribution in [0.25, 0.3) is 0 Å². The van der Waals surface area contributed by atoms with E-state index in [1.54, 1.807) is 6.07 Å². The van der Waals surface area contributed by atoms with E-state index in [0.29, 0.717) is 0 Å². The van der Waals surface area contributed by atoms with Crippen molar-refractivity contribution in [1.29, 1.82) is 0 Å². The summed E-state index contributed by atoms with van der Waals surface area (Å²) in [4.78, 5) is 0. The SMILES string of the molecule is CC(CCCO)NC(C)c1ccc(F)c(F)c1. The van der Waals surface area contributed by atoms with Crippen LogP contribution in [0.1, 0.15) is 38.3 Å². The topological polar surface area (TPSA) is 32.3 Å². The van der Waals surface area contributed by atoms with Gasteiger partial charge in [-0.15, -0.1) is 0 Å². The number of rotatable bonds is 6. The number of nitrogens with one attached hydrogen (secondary N) is 1. The van der Waals surface area contributed by atoms with Gasteiger partial charge in [0.15, 0.2) is 11.6 Å². The van der Waals surface area contributed by atoms with E-state index in [-0.39, 0.29) is 18.7 Å². The predicted octanol–water partition coefficient (Wildman–Crippen LogP) is 2.78. The van der Waals surface area contributed by atoms with Gasteiger partial charge in [0.05, 0.1) is 0 Å². The van der Waals surface area contributed by atoms with E-state index >= 15 is 0 Å². The van der Waals surface area contributed by atoms with Gasteiger partial charge in [0, 0.05) is 18.7 Å². The summed E-state index contributed by atoms with van der Waals surface area (Å²) in [5, 5.41) is 12.0. The summed E-state index contributed by atoms with van der Waals surface area (Å²) in [5.74, 6) is -1.64. The summed E-state index contributed by atoms with van der Waals surface area (Å²) in [6.45, 7) is 4.08. The lowest BCUT2D eigenvalue weighted by atomic mass is 10.1. The molecule has 0 bridgehead atoms. The summed E-state index contributed by atoms with van der Waals surface area (Å²) in [6, 6.07) is 4.12. The molecule has 0 radical (unpaired) electrons. The Morgan fingerprint density at radius 1 is 1.24 bits per heavy atom. The van der Waals surface area contributed by atoms with Crippen LogP contribution in [0.4, 0.5) is 8.78 Å². The van der Waals surface area contributed by atoms with Crippen molar-refractivity contribution in [3.05, 3.63) is 35.4 Å². The van der Waals surface area contributed by atoms with Crippen LogP contribution < -0.4 is 5.32 Å². The van der Waals surface area contributed by atoms with Crippen LogP contribution in [0, 0.1) is 11.6 Å². The minimum absolute atomic E-state index is 0.0428. The first kappa shape index (κ1) is 14.1. The highest BCUT2D eigenvalue weighted by atomic mass is 19.2. The van der Waals surface area contributed by atoms with E-state index in [2.05, 4.69) is 5.32 Å². The zero-order valence-corrected chi connectivity index (χ0v) is 10.2. The number of aliphatic hydroxyl groups is 1. The van der Waals surface area contributed by atoms with Gasteiger partial charge in [-0.1, -0.05) is 6.07 Å². The second-order valence-electron chi connectivity index (χ2n) is 4.33. The molecule has 2 N–H and O–H groups in total. The molecular weight excluding hydrogens is 224 g/mol. The van der Waals surface area contributed by atoms with E-state index in [4.69, 9.17) is 5.11 Å². The molecular formula is C13H19F2NO. The first-order valence-electron chi connectivity index (χ1n) is 5.86. The summed E-state index contributed by atoms with van der Waals surface area (Å²) in [5.41, 5.74) is 0.722. The molecule has 0 aromatic heterocycles. The minimum Gasteiger partial charge on any atom is -0.396 e. The number of halogens is 2. The lowest BCUT2D eigenvalue weighted by Crippen LogP contribution is -2.29. The molecule has 0 heterocycles.